The van der Waals surface area contributed by atoms with Gasteiger partial charge in [0.15, 0.2) is 16.6 Å². The Morgan fingerprint density at radius 1 is 1.16 bits per heavy atom. The maximum absolute atomic E-state index is 12.2. The van der Waals surface area contributed by atoms with Gasteiger partial charge < -0.3 is 14.8 Å². The van der Waals surface area contributed by atoms with Crippen molar-refractivity contribution in [2.24, 2.45) is 0 Å². The van der Waals surface area contributed by atoms with E-state index in [0.717, 1.165) is 11.3 Å². The van der Waals surface area contributed by atoms with E-state index in [1.807, 2.05) is 48.7 Å². The highest BCUT2D eigenvalue weighted by Gasteiger charge is 2.13. The number of aromatic nitrogens is 5. The fourth-order valence-corrected chi connectivity index (χ4v) is 3.49. The molecular formula is C21H20N6O3S. The highest BCUT2D eigenvalue weighted by atomic mass is 32.1. The number of carbonyl (C=O) groups excluding carboxylic acids is 1. The maximum Gasteiger partial charge on any atom is 0.249 e. The summed E-state index contributed by atoms with van der Waals surface area (Å²) in [7, 11) is 1.57. The van der Waals surface area contributed by atoms with Crippen LogP contribution in [0.2, 0.25) is 0 Å². The molecule has 2 aromatic carbocycles. The van der Waals surface area contributed by atoms with Crippen molar-refractivity contribution in [3.8, 4) is 22.9 Å². The third-order valence-corrected chi connectivity index (χ3v) is 5.14. The highest BCUT2D eigenvalue weighted by molar-refractivity contribution is 7.13. The lowest BCUT2D eigenvalue weighted by atomic mass is 10.2. The van der Waals surface area contributed by atoms with Crippen molar-refractivity contribution in [3.05, 3.63) is 65.2 Å². The standard InChI is InChI=1S/C21H20N6O3S/c1-14-13-31-21(22-14)23-19(28)11-27-25-20(24-26-27)16-8-9-17(18(10-16)29-2)30-12-15-6-4-3-5-7-15/h3-10,13H,11-12H2,1-2H3,(H,22,23,28). The molecule has 1 amide bonds. The molecule has 0 saturated carbocycles. The Kier molecular flexibility index (Phi) is 6.18. The molecule has 31 heavy (non-hydrogen) atoms. The molecule has 4 aromatic rings. The van der Waals surface area contributed by atoms with E-state index < -0.39 is 0 Å². The molecule has 0 aliphatic heterocycles. The molecule has 0 aliphatic carbocycles. The lowest BCUT2D eigenvalue weighted by Gasteiger charge is -2.11. The second-order valence-corrected chi connectivity index (χ2v) is 7.48. The van der Waals surface area contributed by atoms with Crippen LogP contribution in [0.5, 0.6) is 11.5 Å². The van der Waals surface area contributed by atoms with Gasteiger partial charge in [0.05, 0.1) is 12.8 Å². The Labute approximate surface area is 182 Å². The Morgan fingerprint density at radius 3 is 2.74 bits per heavy atom. The average molecular weight is 436 g/mol. The number of hydrogen-bond donors (Lipinski definition) is 1. The van der Waals surface area contributed by atoms with Gasteiger partial charge in [0.25, 0.3) is 0 Å². The number of carbonyl (C=O) groups is 1. The number of benzene rings is 2. The summed E-state index contributed by atoms with van der Waals surface area (Å²) in [4.78, 5) is 17.6. The van der Waals surface area contributed by atoms with Crippen LogP contribution in [-0.2, 0) is 17.9 Å². The van der Waals surface area contributed by atoms with E-state index in [1.54, 1.807) is 19.2 Å². The molecule has 10 heteroatoms. The van der Waals surface area contributed by atoms with Gasteiger partial charge in [-0.2, -0.15) is 4.80 Å². The van der Waals surface area contributed by atoms with Gasteiger partial charge in [-0.25, -0.2) is 4.98 Å². The molecule has 0 fully saturated rings. The largest absolute Gasteiger partial charge is 0.493 e. The number of aryl methyl sites for hydroxylation is 1. The number of methoxy groups -OCH3 is 1. The van der Waals surface area contributed by atoms with Gasteiger partial charge in [0.1, 0.15) is 13.2 Å². The van der Waals surface area contributed by atoms with Crippen molar-refractivity contribution in [2.75, 3.05) is 12.4 Å². The third kappa shape index (κ3) is 5.23. The van der Waals surface area contributed by atoms with Gasteiger partial charge in [-0.15, -0.1) is 21.5 Å². The molecule has 2 heterocycles. The van der Waals surface area contributed by atoms with Crippen LogP contribution in [0.15, 0.2) is 53.9 Å². The second-order valence-electron chi connectivity index (χ2n) is 6.63. The molecule has 4 rings (SSSR count). The summed E-state index contributed by atoms with van der Waals surface area (Å²) < 4.78 is 11.3. The van der Waals surface area contributed by atoms with E-state index in [9.17, 15) is 4.79 Å². The van der Waals surface area contributed by atoms with E-state index in [2.05, 4.69) is 25.7 Å². The van der Waals surface area contributed by atoms with Crippen molar-refractivity contribution in [1.29, 1.82) is 0 Å². The summed E-state index contributed by atoms with van der Waals surface area (Å²) in [5, 5.41) is 17.4. The van der Waals surface area contributed by atoms with Gasteiger partial charge in [-0.05, 0) is 35.9 Å². The summed E-state index contributed by atoms with van der Waals surface area (Å²) in [5.41, 5.74) is 2.61. The van der Waals surface area contributed by atoms with Crippen molar-refractivity contribution < 1.29 is 14.3 Å². The van der Waals surface area contributed by atoms with Crippen LogP contribution in [-0.4, -0.2) is 38.2 Å². The minimum Gasteiger partial charge on any atom is -0.493 e. The van der Waals surface area contributed by atoms with Crippen LogP contribution in [0.4, 0.5) is 5.13 Å². The number of rotatable bonds is 8. The smallest absolute Gasteiger partial charge is 0.249 e. The molecular weight excluding hydrogens is 416 g/mol. The van der Waals surface area contributed by atoms with E-state index in [-0.39, 0.29) is 12.5 Å². The number of nitrogens with one attached hydrogen (secondary N) is 1. The van der Waals surface area contributed by atoms with E-state index >= 15 is 0 Å². The summed E-state index contributed by atoms with van der Waals surface area (Å²) in [6.07, 6.45) is 0. The highest BCUT2D eigenvalue weighted by Crippen LogP contribution is 2.31. The predicted molar refractivity (Wildman–Crippen MR) is 116 cm³/mol. The van der Waals surface area contributed by atoms with Crippen molar-refractivity contribution in [2.45, 2.75) is 20.1 Å². The van der Waals surface area contributed by atoms with Crippen LogP contribution in [0.3, 0.4) is 0 Å². The first-order valence-corrected chi connectivity index (χ1v) is 10.3. The Hall–Kier alpha value is -3.79. The van der Waals surface area contributed by atoms with Gasteiger partial charge >= 0.3 is 0 Å². The van der Waals surface area contributed by atoms with Crippen LogP contribution >= 0.6 is 11.3 Å². The topological polar surface area (TPSA) is 104 Å². The molecule has 0 radical (unpaired) electrons. The van der Waals surface area contributed by atoms with Crippen molar-refractivity contribution in [1.82, 2.24) is 25.2 Å². The summed E-state index contributed by atoms with van der Waals surface area (Å²) in [5.74, 6) is 1.27. The Bertz CT molecular complexity index is 1170. The summed E-state index contributed by atoms with van der Waals surface area (Å²) >= 11 is 1.36. The average Bonchev–Trinajstić information content (AvgIpc) is 3.41. The molecule has 0 spiro atoms. The van der Waals surface area contributed by atoms with Crippen LogP contribution in [0.25, 0.3) is 11.4 Å². The SMILES string of the molecule is COc1cc(-c2nnn(CC(=O)Nc3nc(C)cs3)n2)ccc1OCc1ccccc1. The maximum atomic E-state index is 12.2. The van der Waals surface area contributed by atoms with Crippen LogP contribution in [0.1, 0.15) is 11.3 Å². The number of amides is 1. The fourth-order valence-electron chi connectivity index (χ4n) is 2.79. The number of hydrogen-bond acceptors (Lipinski definition) is 8. The molecule has 2 aromatic heterocycles. The molecule has 0 aliphatic rings. The first kappa shape index (κ1) is 20.5. The van der Waals surface area contributed by atoms with Gasteiger partial charge in [-0.3, -0.25) is 4.79 Å². The number of thiazole rings is 1. The molecule has 0 saturated heterocycles. The van der Waals surface area contributed by atoms with Crippen molar-refractivity contribution >= 4 is 22.4 Å². The number of nitrogens with zero attached hydrogens (tertiary/aromatic N) is 5. The normalized spacial score (nSPS) is 10.6. The molecule has 0 atom stereocenters. The van der Waals surface area contributed by atoms with Gasteiger partial charge in [0, 0.05) is 10.9 Å². The zero-order valence-corrected chi connectivity index (χ0v) is 17.8. The number of anilines is 1. The van der Waals surface area contributed by atoms with Gasteiger partial charge in [0.2, 0.25) is 11.7 Å². The molecule has 0 bridgehead atoms. The lowest BCUT2D eigenvalue weighted by Crippen LogP contribution is -2.20. The molecule has 1 N–H and O–H groups in total. The Morgan fingerprint density at radius 2 is 2.00 bits per heavy atom. The zero-order chi connectivity index (χ0) is 21.6. The third-order valence-electron chi connectivity index (χ3n) is 4.26. The lowest BCUT2D eigenvalue weighted by molar-refractivity contribution is -0.117. The van der Waals surface area contributed by atoms with E-state index in [1.165, 1.54) is 16.1 Å². The molecule has 9 nitrogen and oxygen atoms in total. The van der Waals surface area contributed by atoms with E-state index in [0.29, 0.717) is 34.6 Å². The number of tetrazole rings is 1. The minimum atomic E-state index is -0.277. The van der Waals surface area contributed by atoms with Gasteiger partial charge in [-0.1, -0.05) is 30.3 Å². The summed E-state index contributed by atoms with van der Waals surface area (Å²) in [6.45, 7) is 2.23. The Balaban J connectivity index is 1.42. The summed E-state index contributed by atoms with van der Waals surface area (Å²) in [6, 6.07) is 15.3. The fraction of sp³-hybridized carbons (Fsp3) is 0.190. The number of ether oxygens (including phenoxy) is 2. The molecule has 0 unspecified atom stereocenters. The monoisotopic (exact) mass is 436 g/mol. The van der Waals surface area contributed by atoms with Crippen LogP contribution in [0, 0.1) is 6.92 Å². The quantitative estimate of drug-likeness (QED) is 0.452. The minimum absolute atomic E-state index is 0.0684. The first-order chi connectivity index (χ1) is 15.1. The van der Waals surface area contributed by atoms with Crippen LogP contribution < -0.4 is 14.8 Å². The second kappa shape index (κ2) is 9.35. The van der Waals surface area contributed by atoms with E-state index in [4.69, 9.17) is 9.47 Å². The van der Waals surface area contributed by atoms with Crippen molar-refractivity contribution in [3.63, 3.8) is 0 Å². The first-order valence-electron chi connectivity index (χ1n) is 9.45. The zero-order valence-electron chi connectivity index (χ0n) is 17.0. The molecule has 158 valence electrons. The predicted octanol–water partition coefficient (Wildman–Crippen LogP) is 3.33.